The van der Waals surface area contributed by atoms with Crippen LogP contribution in [0.3, 0.4) is 0 Å². The van der Waals surface area contributed by atoms with Gasteiger partial charge in [-0.25, -0.2) is 0 Å². The second-order valence-corrected chi connectivity index (χ2v) is 5.08. The van der Waals surface area contributed by atoms with Crippen LogP contribution in [-0.4, -0.2) is 30.2 Å². The van der Waals surface area contributed by atoms with E-state index in [0.717, 1.165) is 11.4 Å². The van der Waals surface area contributed by atoms with Crippen LogP contribution in [0.1, 0.15) is 5.69 Å². The molecular weight excluding hydrogens is 300 g/mol. The molecule has 0 bridgehead atoms. The maximum Gasteiger partial charge on any atom is 0.242 e. The van der Waals surface area contributed by atoms with E-state index < -0.39 is 0 Å². The van der Waals surface area contributed by atoms with Crippen LogP contribution in [0.4, 0.5) is 5.69 Å². The summed E-state index contributed by atoms with van der Waals surface area (Å²) >= 11 is 1.53. The van der Waals surface area contributed by atoms with E-state index in [1.807, 2.05) is 57.5 Å². The van der Waals surface area contributed by atoms with Gasteiger partial charge in [0, 0.05) is 18.6 Å². The average Bonchev–Trinajstić information content (AvgIpc) is 3.19. The van der Waals surface area contributed by atoms with Gasteiger partial charge in [-0.15, -0.1) is 5.11 Å². The quantitative estimate of drug-likeness (QED) is 0.578. The summed E-state index contributed by atoms with van der Waals surface area (Å²) in [4.78, 5) is 0. The first-order chi connectivity index (χ1) is 10.9. The van der Waals surface area contributed by atoms with Crippen LogP contribution in [0.5, 0.6) is 0 Å². The van der Waals surface area contributed by atoms with E-state index in [2.05, 4.69) is 30.8 Å². The molecule has 8 nitrogen and oxygen atoms in total. The van der Waals surface area contributed by atoms with Crippen molar-refractivity contribution in [3.05, 3.63) is 60.2 Å². The predicted molar refractivity (Wildman–Crippen MR) is 83.3 cm³/mol. The molecular formula is C13H14N8S. The molecule has 2 heterocycles. The smallest absolute Gasteiger partial charge is 0.242 e. The van der Waals surface area contributed by atoms with Gasteiger partial charge >= 0.3 is 0 Å². The van der Waals surface area contributed by atoms with Crippen molar-refractivity contribution in [2.75, 3.05) is 6.26 Å². The standard InChI is InChI=1S/C13H14N8S/c1-22-21-8-7-20(10-12-9-14-18-16-12)13(21)17-19-15-11-5-3-2-4-6-11/h2-9H,10H2,1H3,(H,14,16,18)/b17-13+,19-15?. The van der Waals surface area contributed by atoms with E-state index in [4.69, 9.17) is 0 Å². The number of aromatic amines is 1. The van der Waals surface area contributed by atoms with Crippen LogP contribution in [0.15, 0.2) is 64.4 Å². The second-order valence-electron chi connectivity index (χ2n) is 4.32. The fraction of sp³-hybridized carbons (Fsp3) is 0.154. The van der Waals surface area contributed by atoms with Gasteiger partial charge in [-0.1, -0.05) is 23.3 Å². The first kappa shape index (κ1) is 14.3. The molecule has 9 heteroatoms. The van der Waals surface area contributed by atoms with Gasteiger partial charge in [-0.2, -0.15) is 15.4 Å². The van der Waals surface area contributed by atoms with Crippen molar-refractivity contribution in [2.24, 2.45) is 15.4 Å². The van der Waals surface area contributed by atoms with E-state index >= 15 is 0 Å². The lowest BCUT2D eigenvalue weighted by Crippen LogP contribution is -2.23. The number of aromatic nitrogens is 5. The largest absolute Gasteiger partial charge is 0.309 e. The number of imidazole rings is 1. The van der Waals surface area contributed by atoms with Crippen molar-refractivity contribution in [2.45, 2.75) is 6.54 Å². The zero-order valence-electron chi connectivity index (χ0n) is 11.9. The monoisotopic (exact) mass is 314 g/mol. The molecule has 3 rings (SSSR count). The van der Waals surface area contributed by atoms with E-state index in [1.165, 1.54) is 11.9 Å². The molecule has 0 aliphatic rings. The number of benzene rings is 1. The van der Waals surface area contributed by atoms with Gasteiger partial charge in [0.05, 0.1) is 18.4 Å². The summed E-state index contributed by atoms with van der Waals surface area (Å²) in [7, 11) is 0. The molecule has 112 valence electrons. The van der Waals surface area contributed by atoms with E-state index in [9.17, 15) is 0 Å². The third kappa shape index (κ3) is 3.31. The minimum absolute atomic E-state index is 0.559. The Kier molecular flexibility index (Phi) is 4.44. The Bertz CT molecular complexity index is 800. The van der Waals surface area contributed by atoms with Gasteiger partial charge in [0.15, 0.2) is 0 Å². The summed E-state index contributed by atoms with van der Waals surface area (Å²) in [5.41, 5.74) is 2.26. The molecule has 0 fully saturated rings. The molecule has 0 saturated heterocycles. The summed E-state index contributed by atoms with van der Waals surface area (Å²) in [5, 5.41) is 22.7. The summed E-state index contributed by atoms with van der Waals surface area (Å²) < 4.78 is 3.84. The predicted octanol–water partition coefficient (Wildman–Crippen LogP) is 2.18. The molecule has 0 saturated carbocycles. The lowest BCUT2D eigenvalue weighted by atomic mass is 10.3. The fourth-order valence-corrected chi connectivity index (χ4v) is 2.33. The zero-order chi connectivity index (χ0) is 15.2. The van der Waals surface area contributed by atoms with Gasteiger partial charge in [0.2, 0.25) is 5.62 Å². The van der Waals surface area contributed by atoms with Gasteiger partial charge in [-0.3, -0.25) is 3.97 Å². The molecule has 2 aromatic heterocycles. The number of nitrogens with zero attached hydrogens (tertiary/aromatic N) is 7. The Morgan fingerprint density at radius 3 is 2.82 bits per heavy atom. The van der Waals surface area contributed by atoms with Crippen LogP contribution in [0.25, 0.3) is 0 Å². The van der Waals surface area contributed by atoms with Crippen LogP contribution in [0.2, 0.25) is 0 Å². The molecule has 0 amide bonds. The Hall–Kier alpha value is -2.68. The van der Waals surface area contributed by atoms with E-state index in [1.54, 1.807) is 6.20 Å². The molecule has 0 aliphatic heterocycles. The summed E-state index contributed by atoms with van der Waals surface area (Å²) in [6.45, 7) is 0.559. The van der Waals surface area contributed by atoms with Gasteiger partial charge < -0.3 is 4.57 Å². The maximum absolute atomic E-state index is 4.22. The summed E-state index contributed by atoms with van der Waals surface area (Å²) in [5.74, 6) is 0. The fourth-order valence-electron chi connectivity index (χ4n) is 1.85. The molecule has 1 aromatic carbocycles. The number of nitrogens with one attached hydrogen (secondary N) is 1. The molecule has 0 spiro atoms. The van der Waals surface area contributed by atoms with Crippen molar-refractivity contribution in [1.29, 1.82) is 0 Å². The SMILES string of the molecule is CSn1ccn(Cc2cn[nH]n2)/c1=N\N=Nc1ccccc1. The van der Waals surface area contributed by atoms with Crippen LogP contribution in [0, 0.1) is 0 Å². The van der Waals surface area contributed by atoms with Crippen molar-refractivity contribution in [3.8, 4) is 0 Å². The lowest BCUT2D eigenvalue weighted by molar-refractivity contribution is 0.700. The number of hydrogen-bond donors (Lipinski definition) is 1. The van der Waals surface area contributed by atoms with E-state index in [0.29, 0.717) is 12.2 Å². The highest BCUT2D eigenvalue weighted by atomic mass is 32.2. The van der Waals surface area contributed by atoms with Crippen molar-refractivity contribution >= 4 is 17.6 Å². The molecule has 0 aliphatic carbocycles. The molecule has 0 unspecified atom stereocenters. The average molecular weight is 314 g/mol. The highest BCUT2D eigenvalue weighted by molar-refractivity contribution is 7.97. The Balaban J connectivity index is 1.89. The zero-order valence-corrected chi connectivity index (χ0v) is 12.7. The second kappa shape index (κ2) is 6.85. The molecule has 22 heavy (non-hydrogen) atoms. The molecule has 0 radical (unpaired) electrons. The van der Waals surface area contributed by atoms with Gasteiger partial charge in [0.1, 0.15) is 5.69 Å². The van der Waals surface area contributed by atoms with Gasteiger partial charge in [-0.05, 0) is 29.3 Å². The van der Waals surface area contributed by atoms with Gasteiger partial charge in [0.25, 0.3) is 0 Å². The van der Waals surface area contributed by atoms with Crippen LogP contribution in [-0.2, 0) is 6.54 Å². The first-order valence-corrected chi connectivity index (χ1v) is 7.71. The minimum Gasteiger partial charge on any atom is -0.309 e. The number of hydrogen-bond acceptors (Lipinski definition) is 5. The number of rotatable bonds is 5. The molecule has 0 atom stereocenters. The number of H-pyrrole nitrogens is 1. The molecule has 1 N–H and O–H groups in total. The third-order valence-electron chi connectivity index (χ3n) is 2.88. The third-order valence-corrected chi connectivity index (χ3v) is 3.56. The topological polar surface area (TPSA) is 88.5 Å². The minimum atomic E-state index is 0.559. The van der Waals surface area contributed by atoms with Crippen molar-refractivity contribution in [1.82, 2.24) is 24.0 Å². The highest BCUT2D eigenvalue weighted by Gasteiger charge is 2.03. The Labute approximate surface area is 130 Å². The van der Waals surface area contributed by atoms with Crippen LogP contribution < -0.4 is 5.62 Å². The van der Waals surface area contributed by atoms with Crippen molar-refractivity contribution < 1.29 is 0 Å². The maximum atomic E-state index is 4.22. The highest BCUT2D eigenvalue weighted by Crippen LogP contribution is 2.09. The Morgan fingerprint density at radius 1 is 1.23 bits per heavy atom. The normalized spacial score (nSPS) is 12.3. The molecule has 3 aromatic rings. The van der Waals surface area contributed by atoms with Crippen molar-refractivity contribution in [3.63, 3.8) is 0 Å². The summed E-state index contributed by atoms with van der Waals surface area (Å²) in [6, 6.07) is 9.49. The lowest BCUT2D eigenvalue weighted by Gasteiger charge is -1.99. The Morgan fingerprint density at radius 2 is 2.09 bits per heavy atom. The summed E-state index contributed by atoms with van der Waals surface area (Å²) in [6.07, 6.45) is 7.48. The van der Waals surface area contributed by atoms with E-state index in [-0.39, 0.29) is 0 Å². The van der Waals surface area contributed by atoms with Crippen LogP contribution >= 0.6 is 11.9 Å². The first-order valence-electron chi connectivity index (χ1n) is 6.53.